The molecule has 0 amide bonds. The molecule has 5 heteroatoms. The number of nitriles is 1. The fourth-order valence-corrected chi connectivity index (χ4v) is 2.17. The second kappa shape index (κ2) is 5.11. The van der Waals surface area contributed by atoms with Gasteiger partial charge in [-0.15, -0.1) is 0 Å². The molecule has 0 unspecified atom stereocenters. The van der Waals surface area contributed by atoms with Crippen LogP contribution in [0.4, 0.5) is 5.82 Å². The standard InChI is InChI=1S/C12H17N5/c1-16-5-3-11(4-6-16)17(2)12-7-10(8-13)14-9-15-12/h7,9,11H,3-6H2,1-2H3. The minimum absolute atomic E-state index is 0.426. The molecule has 0 saturated carbocycles. The Bertz CT molecular complexity index is 417. The summed E-state index contributed by atoms with van der Waals surface area (Å²) in [6.07, 6.45) is 3.73. The highest BCUT2D eigenvalue weighted by atomic mass is 15.2. The van der Waals surface area contributed by atoms with Crippen molar-refractivity contribution in [1.82, 2.24) is 14.9 Å². The highest BCUT2D eigenvalue weighted by Gasteiger charge is 2.21. The maximum absolute atomic E-state index is 8.82. The summed E-state index contributed by atoms with van der Waals surface area (Å²) in [6, 6.07) is 4.30. The molecule has 0 bridgehead atoms. The summed E-state index contributed by atoms with van der Waals surface area (Å²) in [6.45, 7) is 2.23. The van der Waals surface area contributed by atoms with Gasteiger partial charge < -0.3 is 9.80 Å². The predicted octanol–water partition coefficient (Wildman–Crippen LogP) is 0.879. The van der Waals surface area contributed by atoms with Gasteiger partial charge in [0.1, 0.15) is 23.9 Å². The van der Waals surface area contributed by atoms with Crippen molar-refractivity contribution in [3.63, 3.8) is 0 Å². The van der Waals surface area contributed by atoms with Crippen LogP contribution in [0.25, 0.3) is 0 Å². The zero-order valence-electron chi connectivity index (χ0n) is 10.3. The number of rotatable bonds is 2. The maximum atomic E-state index is 8.82. The first-order chi connectivity index (χ1) is 8.20. The van der Waals surface area contributed by atoms with Gasteiger partial charge in [0.05, 0.1) is 0 Å². The Labute approximate surface area is 102 Å². The fourth-order valence-electron chi connectivity index (χ4n) is 2.17. The van der Waals surface area contributed by atoms with Crippen LogP contribution in [0.5, 0.6) is 0 Å². The van der Waals surface area contributed by atoms with E-state index >= 15 is 0 Å². The smallest absolute Gasteiger partial charge is 0.145 e. The average Bonchev–Trinajstić information content (AvgIpc) is 2.39. The third kappa shape index (κ3) is 2.71. The van der Waals surface area contributed by atoms with Gasteiger partial charge in [-0.3, -0.25) is 0 Å². The van der Waals surface area contributed by atoms with Gasteiger partial charge in [-0.25, -0.2) is 9.97 Å². The molecule has 0 aromatic carbocycles. The molecule has 0 spiro atoms. The maximum Gasteiger partial charge on any atom is 0.145 e. The first-order valence-corrected chi connectivity index (χ1v) is 5.84. The normalized spacial score (nSPS) is 17.7. The molecule has 0 atom stereocenters. The third-order valence-corrected chi connectivity index (χ3v) is 3.36. The van der Waals surface area contributed by atoms with Crippen molar-refractivity contribution < 1.29 is 0 Å². The topological polar surface area (TPSA) is 56.0 Å². The molecule has 5 nitrogen and oxygen atoms in total. The number of aromatic nitrogens is 2. The molecule has 2 heterocycles. The molecule has 1 saturated heterocycles. The van der Waals surface area contributed by atoms with Gasteiger partial charge in [0.25, 0.3) is 0 Å². The van der Waals surface area contributed by atoms with Crippen molar-refractivity contribution >= 4 is 5.82 Å². The van der Waals surface area contributed by atoms with Gasteiger partial charge in [0.15, 0.2) is 0 Å². The van der Waals surface area contributed by atoms with Crippen LogP contribution >= 0.6 is 0 Å². The minimum atomic E-state index is 0.426. The van der Waals surface area contributed by atoms with Crippen LogP contribution in [0.15, 0.2) is 12.4 Å². The van der Waals surface area contributed by atoms with E-state index in [1.54, 1.807) is 6.07 Å². The summed E-state index contributed by atoms with van der Waals surface area (Å²) < 4.78 is 0. The Balaban J connectivity index is 2.08. The molecule has 1 aromatic rings. The van der Waals surface area contributed by atoms with Crippen LogP contribution < -0.4 is 4.90 Å². The van der Waals surface area contributed by atoms with Crippen LogP contribution in [0.2, 0.25) is 0 Å². The number of anilines is 1. The lowest BCUT2D eigenvalue weighted by Gasteiger charge is -2.35. The summed E-state index contributed by atoms with van der Waals surface area (Å²) in [4.78, 5) is 12.6. The fraction of sp³-hybridized carbons (Fsp3) is 0.583. The molecule has 0 aliphatic carbocycles. The van der Waals surface area contributed by atoms with E-state index in [1.807, 2.05) is 13.1 Å². The lowest BCUT2D eigenvalue weighted by molar-refractivity contribution is 0.252. The van der Waals surface area contributed by atoms with Gasteiger partial charge in [0, 0.05) is 19.2 Å². The summed E-state index contributed by atoms with van der Waals surface area (Å²) >= 11 is 0. The van der Waals surface area contributed by atoms with Gasteiger partial charge >= 0.3 is 0 Å². The molecule has 1 aliphatic rings. The Kier molecular flexibility index (Phi) is 3.55. The molecule has 1 aliphatic heterocycles. The van der Waals surface area contributed by atoms with Crippen molar-refractivity contribution in [2.45, 2.75) is 18.9 Å². The summed E-state index contributed by atoms with van der Waals surface area (Å²) in [5.41, 5.74) is 0.426. The second-order valence-electron chi connectivity index (χ2n) is 4.52. The molecule has 2 rings (SSSR count). The highest BCUT2D eigenvalue weighted by Crippen LogP contribution is 2.19. The molecule has 0 radical (unpaired) electrons. The van der Waals surface area contributed by atoms with Crippen LogP contribution in [-0.2, 0) is 0 Å². The van der Waals surface area contributed by atoms with Crippen LogP contribution in [-0.4, -0.2) is 48.1 Å². The predicted molar refractivity (Wildman–Crippen MR) is 65.7 cm³/mol. The van der Waals surface area contributed by atoms with E-state index in [1.165, 1.54) is 6.33 Å². The van der Waals surface area contributed by atoms with Crippen molar-refractivity contribution in [1.29, 1.82) is 5.26 Å². The molecule has 17 heavy (non-hydrogen) atoms. The first-order valence-electron chi connectivity index (χ1n) is 5.84. The molecular formula is C12H17N5. The number of likely N-dealkylation sites (tertiary alicyclic amines) is 1. The number of nitrogens with zero attached hydrogens (tertiary/aromatic N) is 5. The van der Waals surface area contributed by atoms with E-state index in [2.05, 4.69) is 26.8 Å². The van der Waals surface area contributed by atoms with E-state index in [4.69, 9.17) is 5.26 Å². The van der Waals surface area contributed by atoms with Gasteiger partial charge in [-0.2, -0.15) is 5.26 Å². The largest absolute Gasteiger partial charge is 0.356 e. The summed E-state index contributed by atoms with van der Waals surface area (Å²) in [7, 11) is 4.19. The van der Waals surface area contributed by atoms with Crippen LogP contribution in [0.3, 0.4) is 0 Å². The Morgan fingerprint density at radius 3 is 2.76 bits per heavy atom. The monoisotopic (exact) mass is 231 g/mol. The van der Waals surface area contributed by atoms with E-state index in [0.29, 0.717) is 11.7 Å². The molecule has 90 valence electrons. The first kappa shape index (κ1) is 11.8. The summed E-state index contributed by atoms with van der Waals surface area (Å²) in [5.74, 6) is 0.839. The van der Waals surface area contributed by atoms with Crippen molar-refractivity contribution in [2.24, 2.45) is 0 Å². The Morgan fingerprint density at radius 2 is 2.12 bits per heavy atom. The third-order valence-electron chi connectivity index (χ3n) is 3.36. The molecular weight excluding hydrogens is 214 g/mol. The van der Waals surface area contributed by atoms with Gasteiger partial charge in [-0.1, -0.05) is 0 Å². The number of hydrogen-bond donors (Lipinski definition) is 0. The molecule has 0 N–H and O–H groups in total. The number of hydrogen-bond acceptors (Lipinski definition) is 5. The molecule has 1 fully saturated rings. The highest BCUT2D eigenvalue weighted by molar-refractivity contribution is 5.42. The second-order valence-corrected chi connectivity index (χ2v) is 4.52. The SMILES string of the molecule is CN1CCC(N(C)c2cc(C#N)ncn2)CC1. The Hall–Kier alpha value is -1.67. The minimum Gasteiger partial charge on any atom is -0.356 e. The average molecular weight is 231 g/mol. The van der Waals surface area contributed by atoms with E-state index in [-0.39, 0.29) is 0 Å². The van der Waals surface area contributed by atoms with Crippen LogP contribution in [0.1, 0.15) is 18.5 Å². The van der Waals surface area contributed by atoms with Crippen molar-refractivity contribution in [3.8, 4) is 6.07 Å². The van der Waals surface area contributed by atoms with E-state index in [0.717, 1.165) is 31.7 Å². The van der Waals surface area contributed by atoms with Gasteiger partial charge in [-0.05, 0) is 33.0 Å². The van der Waals surface area contributed by atoms with E-state index < -0.39 is 0 Å². The van der Waals surface area contributed by atoms with E-state index in [9.17, 15) is 0 Å². The van der Waals surface area contributed by atoms with Gasteiger partial charge in [0.2, 0.25) is 0 Å². The lowest BCUT2D eigenvalue weighted by Crippen LogP contribution is -2.42. The van der Waals surface area contributed by atoms with Crippen molar-refractivity contribution in [2.75, 3.05) is 32.1 Å². The summed E-state index contributed by atoms with van der Waals surface area (Å²) in [5, 5.41) is 8.82. The van der Waals surface area contributed by atoms with Crippen LogP contribution in [0, 0.1) is 11.3 Å². The zero-order chi connectivity index (χ0) is 12.3. The van der Waals surface area contributed by atoms with Crippen molar-refractivity contribution in [3.05, 3.63) is 18.1 Å². The number of piperidine rings is 1. The zero-order valence-corrected chi connectivity index (χ0v) is 10.3. The molecule has 1 aromatic heterocycles. The Morgan fingerprint density at radius 1 is 1.41 bits per heavy atom. The quantitative estimate of drug-likeness (QED) is 0.756. The lowest BCUT2D eigenvalue weighted by atomic mass is 10.0.